The number of fused-ring (bicyclic) bond motifs is 4. The molecule has 0 bridgehead atoms. The minimum Gasteiger partial charge on any atom is -0.478 e. The van der Waals surface area contributed by atoms with E-state index in [9.17, 15) is 14.3 Å². The van der Waals surface area contributed by atoms with Gasteiger partial charge in [0.05, 0.1) is 22.8 Å². The van der Waals surface area contributed by atoms with Crippen LogP contribution in [0.2, 0.25) is 0 Å². The Morgan fingerprint density at radius 1 is 1.38 bits per heavy atom. The fraction of sp³-hybridized carbons (Fsp3) is 0.375. The number of carbonyl (C=O) groups is 1. The molecule has 1 saturated heterocycles. The van der Waals surface area contributed by atoms with Gasteiger partial charge in [0.1, 0.15) is 5.82 Å². The zero-order valence-electron chi connectivity index (χ0n) is 11.5. The van der Waals surface area contributed by atoms with Crippen LogP contribution in [-0.4, -0.2) is 27.5 Å². The molecule has 1 aromatic carbocycles. The molecule has 0 spiro atoms. The van der Waals surface area contributed by atoms with Crippen molar-refractivity contribution in [1.82, 2.24) is 9.88 Å². The molecule has 4 rings (SSSR count). The van der Waals surface area contributed by atoms with Crippen molar-refractivity contribution in [2.45, 2.75) is 31.8 Å². The van der Waals surface area contributed by atoms with Crippen molar-refractivity contribution in [3.63, 3.8) is 0 Å². The summed E-state index contributed by atoms with van der Waals surface area (Å²) in [5.74, 6) is -1.42. The van der Waals surface area contributed by atoms with Gasteiger partial charge in [0.15, 0.2) is 0 Å². The maximum atomic E-state index is 13.5. The van der Waals surface area contributed by atoms with Crippen molar-refractivity contribution in [2.24, 2.45) is 0 Å². The third kappa shape index (κ3) is 1.84. The van der Waals surface area contributed by atoms with E-state index in [1.807, 2.05) is 0 Å². The molecule has 5 heteroatoms. The van der Waals surface area contributed by atoms with Gasteiger partial charge < -0.3 is 5.11 Å². The minimum absolute atomic E-state index is 0.223. The molecule has 1 atom stereocenters. The van der Waals surface area contributed by atoms with Crippen LogP contribution in [0.25, 0.3) is 10.9 Å². The number of hydrogen-bond donors (Lipinski definition) is 1. The molecule has 108 valence electrons. The van der Waals surface area contributed by atoms with Crippen LogP contribution in [0.4, 0.5) is 4.39 Å². The lowest BCUT2D eigenvalue weighted by Crippen LogP contribution is -2.27. The molecule has 1 N–H and O–H groups in total. The Bertz CT molecular complexity index is 760. The smallest absolute Gasteiger partial charge is 0.336 e. The molecule has 2 aliphatic rings. The van der Waals surface area contributed by atoms with Gasteiger partial charge in [-0.15, -0.1) is 0 Å². The van der Waals surface area contributed by atoms with Crippen LogP contribution in [-0.2, 0) is 6.54 Å². The van der Waals surface area contributed by atoms with Crippen LogP contribution < -0.4 is 0 Å². The fourth-order valence-electron chi connectivity index (χ4n) is 3.67. The van der Waals surface area contributed by atoms with Gasteiger partial charge in [-0.2, -0.15) is 0 Å². The molecular formula is C16H15FN2O2. The molecule has 21 heavy (non-hydrogen) atoms. The van der Waals surface area contributed by atoms with Crippen LogP contribution >= 0.6 is 0 Å². The van der Waals surface area contributed by atoms with Gasteiger partial charge in [0.25, 0.3) is 0 Å². The van der Waals surface area contributed by atoms with E-state index in [0.29, 0.717) is 17.4 Å². The molecule has 1 aromatic heterocycles. The number of aromatic nitrogens is 1. The summed E-state index contributed by atoms with van der Waals surface area (Å²) in [5, 5.41) is 10.0. The van der Waals surface area contributed by atoms with E-state index in [4.69, 9.17) is 0 Å². The molecule has 2 aromatic rings. The Morgan fingerprint density at radius 2 is 2.24 bits per heavy atom. The van der Waals surface area contributed by atoms with E-state index in [-0.39, 0.29) is 11.6 Å². The first kappa shape index (κ1) is 12.7. The van der Waals surface area contributed by atoms with E-state index >= 15 is 0 Å². The second-order valence-corrected chi connectivity index (χ2v) is 5.80. The summed E-state index contributed by atoms with van der Waals surface area (Å²) in [7, 11) is 0. The van der Waals surface area contributed by atoms with Crippen LogP contribution in [0.5, 0.6) is 0 Å². The van der Waals surface area contributed by atoms with Crippen molar-refractivity contribution in [3.05, 3.63) is 40.8 Å². The number of pyridine rings is 1. The maximum Gasteiger partial charge on any atom is 0.336 e. The predicted octanol–water partition coefficient (Wildman–Crippen LogP) is 3.11. The first-order chi connectivity index (χ1) is 10.1. The first-order valence-electron chi connectivity index (χ1n) is 7.24. The molecule has 3 heterocycles. The lowest BCUT2D eigenvalue weighted by molar-refractivity contribution is 0.0697. The summed E-state index contributed by atoms with van der Waals surface area (Å²) in [6.07, 6.45) is 3.30. The van der Waals surface area contributed by atoms with Gasteiger partial charge in [-0.25, -0.2) is 9.18 Å². The number of hydrogen-bond acceptors (Lipinski definition) is 3. The summed E-state index contributed by atoms with van der Waals surface area (Å²) in [5.41, 5.74) is 2.45. The van der Waals surface area contributed by atoms with E-state index in [2.05, 4.69) is 9.88 Å². The molecule has 1 unspecified atom stereocenters. The van der Waals surface area contributed by atoms with Crippen molar-refractivity contribution in [2.75, 3.05) is 6.54 Å². The zero-order valence-corrected chi connectivity index (χ0v) is 11.5. The van der Waals surface area contributed by atoms with E-state index in [1.54, 1.807) is 6.07 Å². The van der Waals surface area contributed by atoms with E-state index < -0.39 is 11.8 Å². The Hall–Kier alpha value is -2.01. The second kappa shape index (κ2) is 4.49. The topological polar surface area (TPSA) is 53.4 Å². The fourth-order valence-corrected chi connectivity index (χ4v) is 3.67. The molecular weight excluding hydrogens is 271 g/mol. The van der Waals surface area contributed by atoms with Crippen LogP contribution in [0.3, 0.4) is 0 Å². The maximum absolute atomic E-state index is 13.5. The molecule has 2 aliphatic heterocycles. The van der Waals surface area contributed by atoms with Crippen molar-refractivity contribution in [1.29, 1.82) is 0 Å². The lowest BCUT2D eigenvalue weighted by Gasteiger charge is -2.28. The number of carboxylic acid groups (broad SMARTS) is 1. The second-order valence-electron chi connectivity index (χ2n) is 5.80. The number of benzene rings is 1. The highest BCUT2D eigenvalue weighted by molar-refractivity contribution is 6.04. The van der Waals surface area contributed by atoms with Crippen molar-refractivity contribution < 1.29 is 14.3 Å². The van der Waals surface area contributed by atoms with E-state index in [1.165, 1.54) is 12.1 Å². The van der Waals surface area contributed by atoms with Crippen molar-refractivity contribution in [3.8, 4) is 0 Å². The lowest BCUT2D eigenvalue weighted by atomic mass is 9.97. The van der Waals surface area contributed by atoms with Gasteiger partial charge in [-0.3, -0.25) is 9.88 Å². The van der Waals surface area contributed by atoms with Crippen LogP contribution in [0.15, 0.2) is 18.2 Å². The first-order valence-corrected chi connectivity index (χ1v) is 7.24. The van der Waals surface area contributed by atoms with Gasteiger partial charge in [0, 0.05) is 17.5 Å². The van der Waals surface area contributed by atoms with Gasteiger partial charge in [-0.1, -0.05) is 6.42 Å². The summed E-state index contributed by atoms with van der Waals surface area (Å²) in [4.78, 5) is 18.7. The van der Waals surface area contributed by atoms with Gasteiger partial charge in [-0.05, 0) is 37.6 Å². The quantitative estimate of drug-likeness (QED) is 0.875. The molecule has 0 saturated carbocycles. The highest BCUT2D eigenvalue weighted by atomic mass is 19.1. The highest BCUT2D eigenvalue weighted by Crippen LogP contribution is 2.42. The monoisotopic (exact) mass is 286 g/mol. The average molecular weight is 286 g/mol. The number of halogens is 1. The van der Waals surface area contributed by atoms with Crippen LogP contribution in [0.1, 0.15) is 46.9 Å². The summed E-state index contributed by atoms with van der Waals surface area (Å²) < 4.78 is 13.5. The average Bonchev–Trinajstić information content (AvgIpc) is 2.82. The standard InChI is InChI=1S/C16H15FN2O2/c17-9-4-5-12-10(7-9)14(16(20)21)11-8-19-6-2-1-3-13(19)15(11)18-12/h4-5,7,13H,1-3,6,8H2,(H,20,21). The largest absolute Gasteiger partial charge is 0.478 e. The van der Waals surface area contributed by atoms with Gasteiger partial charge >= 0.3 is 5.97 Å². The summed E-state index contributed by atoms with van der Waals surface area (Å²) in [6, 6.07) is 4.41. The molecule has 4 nitrogen and oxygen atoms in total. The minimum atomic E-state index is -0.996. The number of aromatic carboxylic acids is 1. The highest BCUT2D eigenvalue weighted by Gasteiger charge is 2.36. The number of carboxylic acids is 1. The third-order valence-electron chi connectivity index (χ3n) is 4.58. The molecule has 0 radical (unpaired) electrons. The Kier molecular flexibility index (Phi) is 2.72. The Morgan fingerprint density at radius 3 is 3.05 bits per heavy atom. The molecule has 1 fully saturated rings. The third-order valence-corrected chi connectivity index (χ3v) is 4.58. The van der Waals surface area contributed by atoms with Crippen LogP contribution in [0, 0.1) is 5.82 Å². The predicted molar refractivity (Wildman–Crippen MR) is 75.7 cm³/mol. The molecule has 0 amide bonds. The number of nitrogens with zero attached hydrogens (tertiary/aromatic N) is 2. The van der Waals surface area contributed by atoms with Crippen molar-refractivity contribution >= 4 is 16.9 Å². The molecule has 0 aliphatic carbocycles. The normalized spacial score (nSPS) is 21.3. The summed E-state index contributed by atoms with van der Waals surface area (Å²) >= 11 is 0. The zero-order chi connectivity index (χ0) is 14.6. The number of rotatable bonds is 1. The Labute approximate surface area is 121 Å². The SMILES string of the molecule is O=C(O)c1c2c(nc3ccc(F)cc13)C1CCCCN1C2. The van der Waals surface area contributed by atoms with E-state index in [0.717, 1.165) is 37.1 Å². The Balaban J connectivity index is 2.01. The summed E-state index contributed by atoms with van der Waals surface area (Å²) in [6.45, 7) is 1.59. The number of piperidine rings is 1. The van der Waals surface area contributed by atoms with Gasteiger partial charge in [0.2, 0.25) is 0 Å².